The van der Waals surface area contributed by atoms with E-state index in [0.717, 1.165) is 55.6 Å². The first kappa shape index (κ1) is 50.4. The molecule has 0 radical (unpaired) electrons. The van der Waals surface area contributed by atoms with Gasteiger partial charge in [0.1, 0.15) is 39.8 Å². The molecule has 0 fully saturated rings. The van der Waals surface area contributed by atoms with Gasteiger partial charge in [0.15, 0.2) is 0 Å². The quantitative estimate of drug-likeness (QED) is 0.0434. The van der Waals surface area contributed by atoms with Crippen LogP contribution in [0, 0.1) is 0 Å². The number of fused-ring (bicyclic) bond motifs is 1. The molecular weight excluding hydrogens is 881 g/mol. The number of carbonyl (C=O) groups is 4. The Labute approximate surface area is 402 Å². The van der Waals surface area contributed by atoms with Crippen LogP contribution in [0.1, 0.15) is 123 Å². The van der Waals surface area contributed by atoms with E-state index >= 15 is 0 Å². The minimum absolute atomic E-state index is 0.310. The SMILES string of the molecule is CC(C)(C)OC(=O)Oc1ccc(C(C2=C=C=c3ccc(C(c4ccc(OC(=O)OC(C)(C)C)cc4)c4ccc(OC(=O)OC(C)(C)C)cc4)cc3=C2)c2ccc(OC(=O)SC(C)(C)C)cc2)cc1. The van der Waals surface area contributed by atoms with Crippen LogP contribution in [0.15, 0.2) is 127 Å². The second kappa shape index (κ2) is 20.5. The summed E-state index contributed by atoms with van der Waals surface area (Å²) in [4.78, 5) is 50.2. The Bertz CT molecular complexity index is 2700. The average molecular weight is 939 g/mol. The predicted octanol–water partition coefficient (Wildman–Crippen LogP) is 12.9. The molecule has 68 heavy (non-hydrogen) atoms. The summed E-state index contributed by atoms with van der Waals surface area (Å²) >= 11 is 1.11. The number of ether oxygens (including phenoxy) is 7. The molecule has 0 aliphatic heterocycles. The summed E-state index contributed by atoms with van der Waals surface area (Å²) in [6.07, 6.45) is -0.346. The molecule has 5 aromatic rings. The molecule has 0 spiro atoms. The zero-order valence-electron chi connectivity index (χ0n) is 40.6. The first-order valence-electron chi connectivity index (χ1n) is 22.2. The van der Waals surface area contributed by atoms with Crippen molar-refractivity contribution in [1.82, 2.24) is 0 Å². The molecule has 0 saturated heterocycles. The zero-order chi connectivity index (χ0) is 49.6. The standard InChI is InChI=1S/C56H58O11S/c1-53(2,3)65-49(57)61-43-25-17-36(18-26-43)47(37-19-27-44(28-20-37)62-50(58)66-54(4,5)6)40-15-13-35-14-16-41(34-42(35)33-40)48(38-21-29-45(30-22-38)63-51(59)67-55(7,8)9)39-23-31-46(32-24-39)64-52(60)68-56(10,11)12/h13,15,17-34,47-48H,1-12H3. The maximum Gasteiger partial charge on any atom is 0.514 e. The Morgan fingerprint density at radius 3 is 1.12 bits per heavy atom. The van der Waals surface area contributed by atoms with E-state index in [9.17, 15) is 19.2 Å². The number of hydrogen-bond acceptors (Lipinski definition) is 12. The van der Waals surface area contributed by atoms with E-state index in [4.69, 9.17) is 33.2 Å². The highest BCUT2D eigenvalue weighted by molar-refractivity contribution is 8.14. The molecule has 0 amide bonds. The molecule has 6 rings (SSSR count). The van der Waals surface area contributed by atoms with Crippen molar-refractivity contribution in [2.24, 2.45) is 0 Å². The number of carbonyl (C=O) groups excluding carboxylic acids is 4. The summed E-state index contributed by atoms with van der Waals surface area (Å²) in [6.45, 7) is 21.7. The third kappa shape index (κ3) is 15.0. The Morgan fingerprint density at radius 2 is 0.765 bits per heavy atom. The van der Waals surface area contributed by atoms with Crippen LogP contribution in [0.5, 0.6) is 23.0 Å². The van der Waals surface area contributed by atoms with E-state index in [0.29, 0.717) is 23.0 Å². The van der Waals surface area contributed by atoms with Crippen LogP contribution >= 0.6 is 11.8 Å². The molecule has 1 aliphatic carbocycles. The topological polar surface area (TPSA) is 133 Å². The molecule has 0 bridgehead atoms. The van der Waals surface area contributed by atoms with Gasteiger partial charge in [-0.05, 0) is 174 Å². The molecule has 11 nitrogen and oxygen atoms in total. The minimum Gasteiger partial charge on any atom is -0.428 e. The van der Waals surface area contributed by atoms with Crippen LogP contribution < -0.4 is 29.4 Å². The first-order valence-corrected chi connectivity index (χ1v) is 23.0. The molecule has 0 saturated carbocycles. The smallest absolute Gasteiger partial charge is 0.428 e. The van der Waals surface area contributed by atoms with Crippen molar-refractivity contribution in [3.63, 3.8) is 0 Å². The number of benzene rings is 5. The van der Waals surface area contributed by atoms with Gasteiger partial charge < -0.3 is 33.2 Å². The van der Waals surface area contributed by atoms with E-state index in [1.807, 2.05) is 81.4 Å². The highest BCUT2D eigenvalue weighted by Gasteiger charge is 2.25. The van der Waals surface area contributed by atoms with E-state index in [1.165, 1.54) is 0 Å². The van der Waals surface area contributed by atoms with Crippen molar-refractivity contribution >= 4 is 47.3 Å². The van der Waals surface area contributed by atoms with Crippen molar-refractivity contribution in [1.29, 1.82) is 0 Å². The van der Waals surface area contributed by atoms with Crippen LogP contribution in [0.2, 0.25) is 0 Å². The summed E-state index contributed by atoms with van der Waals surface area (Å²) in [5, 5.41) is 1.32. The molecule has 0 aromatic heterocycles. The third-order valence-corrected chi connectivity index (χ3v) is 10.5. The van der Waals surface area contributed by atoms with Gasteiger partial charge >= 0.3 is 23.8 Å². The van der Waals surface area contributed by atoms with Crippen LogP contribution in [0.25, 0.3) is 11.8 Å². The Balaban J connectivity index is 1.39. The summed E-state index contributed by atoms with van der Waals surface area (Å²) in [7, 11) is 0. The molecule has 0 heterocycles. The lowest BCUT2D eigenvalue weighted by molar-refractivity contribution is 0.0193. The maximum absolute atomic E-state index is 12.7. The first-order chi connectivity index (χ1) is 31.8. The summed E-state index contributed by atoms with van der Waals surface area (Å²) in [6, 6.07) is 35.2. The van der Waals surface area contributed by atoms with E-state index in [2.05, 4.69) is 23.6 Å². The van der Waals surface area contributed by atoms with Crippen LogP contribution in [-0.4, -0.2) is 45.3 Å². The van der Waals surface area contributed by atoms with Gasteiger partial charge in [-0.25, -0.2) is 19.2 Å². The van der Waals surface area contributed by atoms with Crippen molar-refractivity contribution in [3.8, 4) is 23.0 Å². The minimum atomic E-state index is -0.807. The third-order valence-electron chi connectivity index (χ3n) is 9.59. The van der Waals surface area contributed by atoms with Gasteiger partial charge in [0.2, 0.25) is 0 Å². The van der Waals surface area contributed by atoms with E-state index in [-0.39, 0.29) is 16.6 Å². The summed E-state index contributed by atoms with van der Waals surface area (Å²) in [5.74, 6) is 0.656. The fraction of sp³-hybridized carbons (Fsp3) is 0.321. The molecular formula is C56H58O11S. The second-order valence-corrected chi connectivity index (χ2v) is 21.9. The van der Waals surface area contributed by atoms with Gasteiger partial charge in [-0.3, -0.25) is 0 Å². The monoisotopic (exact) mass is 938 g/mol. The fourth-order valence-corrected chi connectivity index (χ4v) is 7.64. The van der Waals surface area contributed by atoms with Crippen LogP contribution in [-0.2, 0) is 14.2 Å². The second-order valence-electron chi connectivity index (χ2n) is 20.1. The lowest BCUT2D eigenvalue weighted by Crippen LogP contribution is -2.27. The number of thioether (sulfide) groups is 1. The molecule has 12 heteroatoms. The summed E-state index contributed by atoms with van der Waals surface area (Å²) < 4.78 is 37.9. The zero-order valence-corrected chi connectivity index (χ0v) is 41.4. The van der Waals surface area contributed by atoms with Gasteiger partial charge in [0, 0.05) is 27.4 Å². The normalized spacial score (nSPS) is 12.9. The van der Waals surface area contributed by atoms with Crippen molar-refractivity contribution in [3.05, 3.63) is 165 Å². The van der Waals surface area contributed by atoms with Gasteiger partial charge in [0.05, 0.1) is 0 Å². The van der Waals surface area contributed by atoms with Gasteiger partial charge in [0.25, 0.3) is 0 Å². The van der Waals surface area contributed by atoms with Crippen molar-refractivity contribution < 1.29 is 52.3 Å². The molecule has 354 valence electrons. The van der Waals surface area contributed by atoms with Gasteiger partial charge in [-0.2, -0.15) is 0 Å². The fourth-order valence-electron chi connectivity index (χ4n) is 7.00. The lowest BCUT2D eigenvalue weighted by Gasteiger charge is -2.22. The van der Waals surface area contributed by atoms with Crippen LogP contribution in [0.3, 0.4) is 0 Å². The molecule has 5 aromatic carbocycles. The van der Waals surface area contributed by atoms with Gasteiger partial charge in [-0.1, -0.05) is 86.8 Å². The Morgan fingerprint density at radius 1 is 0.426 bits per heavy atom. The van der Waals surface area contributed by atoms with Crippen molar-refractivity contribution in [2.75, 3.05) is 0 Å². The molecule has 0 N–H and O–H groups in total. The Kier molecular flexibility index (Phi) is 15.2. The highest BCUT2D eigenvalue weighted by Crippen LogP contribution is 2.37. The molecule has 1 atom stereocenters. The lowest BCUT2D eigenvalue weighted by atomic mass is 9.82. The van der Waals surface area contributed by atoms with E-state index < -0.39 is 40.6 Å². The average Bonchev–Trinajstić information content (AvgIpc) is 3.20. The molecule has 1 unspecified atom stereocenters. The van der Waals surface area contributed by atoms with Gasteiger partial charge in [-0.15, -0.1) is 0 Å². The number of rotatable bonds is 10. The summed E-state index contributed by atoms with van der Waals surface area (Å²) in [5.41, 5.74) is 9.90. The number of allylic oxidation sites excluding steroid dienone is 1. The maximum atomic E-state index is 12.7. The highest BCUT2D eigenvalue weighted by atomic mass is 32.2. The largest absolute Gasteiger partial charge is 0.514 e. The molecule has 1 aliphatic rings. The predicted molar refractivity (Wildman–Crippen MR) is 263 cm³/mol. The number of hydrogen-bond donors (Lipinski definition) is 0. The van der Waals surface area contributed by atoms with E-state index in [1.54, 1.807) is 111 Å². The van der Waals surface area contributed by atoms with Crippen LogP contribution in [0.4, 0.5) is 19.2 Å². The van der Waals surface area contributed by atoms with Crippen molar-refractivity contribution in [2.45, 2.75) is 116 Å². The Hall–Kier alpha value is -6.97.